The Kier molecular flexibility index (Phi) is 5.90. The minimum atomic E-state index is -0.0497. The van der Waals surface area contributed by atoms with Crippen molar-refractivity contribution in [2.24, 2.45) is 0 Å². The third-order valence-corrected chi connectivity index (χ3v) is 16.1. The van der Waals surface area contributed by atoms with Gasteiger partial charge >= 0.3 is 6.85 Å². The molecule has 6 heteroatoms. The first-order valence-corrected chi connectivity index (χ1v) is 21.6. The Labute approximate surface area is 335 Å². The lowest BCUT2D eigenvalue weighted by Gasteiger charge is -2.43. The number of para-hydroxylation sites is 1. The van der Waals surface area contributed by atoms with Gasteiger partial charge < -0.3 is 9.38 Å². The number of aromatic nitrogens is 1. The van der Waals surface area contributed by atoms with E-state index in [0.717, 1.165) is 0 Å². The van der Waals surface area contributed by atoms with Crippen LogP contribution in [0.2, 0.25) is 0 Å². The number of hydrogen-bond acceptors (Lipinski definition) is 4. The molecule has 11 aromatic rings. The highest BCUT2D eigenvalue weighted by atomic mass is 32.2. The fraction of sp³-hybridized carbons (Fsp3) is 0. The SMILES string of the molecule is c1ccc2c(c1)Sc1cc3c(cc1S2)N(c1cccc2c1sc1ccccc12)B1c2c(cc4ccccc4c2-3)-n2c3c1cccc3c1ccc3ccccc3c12. The van der Waals surface area contributed by atoms with Crippen LogP contribution in [0.1, 0.15) is 0 Å². The molecule has 2 aromatic heterocycles. The zero-order valence-electron chi connectivity index (χ0n) is 29.8. The molecule has 0 unspecified atom stereocenters. The summed E-state index contributed by atoms with van der Waals surface area (Å²) in [5.41, 5.74) is 11.8. The van der Waals surface area contributed by atoms with Crippen LogP contribution in [0.3, 0.4) is 0 Å². The van der Waals surface area contributed by atoms with E-state index >= 15 is 0 Å². The van der Waals surface area contributed by atoms with Gasteiger partial charge in [0, 0.05) is 73.8 Å². The second-order valence-electron chi connectivity index (χ2n) is 15.2. The van der Waals surface area contributed by atoms with E-state index in [1.807, 2.05) is 34.9 Å². The molecule has 0 bridgehead atoms. The predicted molar refractivity (Wildman–Crippen MR) is 242 cm³/mol. The summed E-state index contributed by atoms with van der Waals surface area (Å²) >= 11 is 5.74. The van der Waals surface area contributed by atoms with Crippen LogP contribution in [0, 0.1) is 0 Å². The van der Waals surface area contributed by atoms with E-state index in [9.17, 15) is 0 Å². The first-order valence-electron chi connectivity index (χ1n) is 19.1. The third-order valence-electron chi connectivity index (χ3n) is 12.4. The van der Waals surface area contributed by atoms with Crippen molar-refractivity contribution >= 4 is 128 Å². The van der Waals surface area contributed by atoms with Crippen LogP contribution >= 0.6 is 34.9 Å². The molecule has 0 saturated carbocycles. The molecule has 0 fully saturated rings. The molecule has 0 spiro atoms. The molecular weight excluding hydrogens is 736 g/mol. The van der Waals surface area contributed by atoms with Gasteiger partial charge in [-0.15, -0.1) is 11.3 Å². The van der Waals surface area contributed by atoms with Crippen LogP contribution in [-0.2, 0) is 0 Å². The third kappa shape index (κ3) is 3.82. The molecule has 0 N–H and O–H groups in total. The summed E-state index contributed by atoms with van der Waals surface area (Å²) in [4.78, 5) is 8.02. The van der Waals surface area contributed by atoms with Crippen LogP contribution < -0.4 is 15.7 Å². The van der Waals surface area contributed by atoms with Gasteiger partial charge in [-0.1, -0.05) is 145 Å². The van der Waals surface area contributed by atoms with Crippen molar-refractivity contribution in [2.75, 3.05) is 4.81 Å². The Balaban J connectivity index is 1.19. The topological polar surface area (TPSA) is 8.17 Å². The number of thiophene rings is 1. The fourth-order valence-electron chi connectivity index (χ4n) is 10.1. The summed E-state index contributed by atoms with van der Waals surface area (Å²) in [6.45, 7) is -0.0497. The Morgan fingerprint density at radius 2 is 1.11 bits per heavy atom. The number of nitrogens with zero attached hydrogens (tertiary/aromatic N) is 2. The van der Waals surface area contributed by atoms with Gasteiger partial charge in [0.15, 0.2) is 0 Å². The van der Waals surface area contributed by atoms with Crippen LogP contribution in [0.25, 0.3) is 80.3 Å². The van der Waals surface area contributed by atoms with E-state index in [2.05, 4.69) is 173 Å². The maximum absolute atomic E-state index is 2.73. The Hall–Kier alpha value is -5.92. The summed E-state index contributed by atoms with van der Waals surface area (Å²) in [5, 5.41) is 10.4. The molecule has 9 aromatic carbocycles. The van der Waals surface area contributed by atoms with Crippen molar-refractivity contribution in [1.29, 1.82) is 0 Å². The van der Waals surface area contributed by atoms with Crippen LogP contribution in [0.15, 0.2) is 183 Å². The molecule has 2 nitrogen and oxygen atoms in total. The largest absolute Gasteiger partial charge is 0.375 e. The van der Waals surface area contributed by atoms with Crippen molar-refractivity contribution in [2.45, 2.75) is 19.6 Å². The summed E-state index contributed by atoms with van der Waals surface area (Å²) < 4.78 is 5.29. The number of anilines is 2. The molecule has 0 atom stereocenters. The van der Waals surface area contributed by atoms with Gasteiger partial charge in [0.25, 0.3) is 0 Å². The Morgan fingerprint density at radius 3 is 1.98 bits per heavy atom. The maximum atomic E-state index is 2.73. The quantitative estimate of drug-likeness (QED) is 0.154. The van der Waals surface area contributed by atoms with Crippen molar-refractivity contribution < 1.29 is 0 Å². The van der Waals surface area contributed by atoms with E-state index in [1.54, 1.807) is 0 Å². The molecule has 0 saturated heterocycles. The summed E-state index contributed by atoms with van der Waals surface area (Å²) in [7, 11) is 0. The highest BCUT2D eigenvalue weighted by molar-refractivity contribution is 8.05. The van der Waals surface area contributed by atoms with Crippen LogP contribution in [-0.4, -0.2) is 11.4 Å². The molecule has 5 heterocycles. The van der Waals surface area contributed by atoms with E-state index in [4.69, 9.17) is 0 Å². The Morgan fingerprint density at radius 1 is 0.429 bits per heavy atom. The fourth-order valence-corrected chi connectivity index (χ4v) is 13.6. The van der Waals surface area contributed by atoms with Gasteiger partial charge in [-0.05, 0) is 75.1 Å². The van der Waals surface area contributed by atoms with Gasteiger partial charge in [-0.2, -0.15) is 0 Å². The summed E-state index contributed by atoms with van der Waals surface area (Å²) in [5.74, 6) is 0. The first-order chi connectivity index (χ1) is 27.8. The van der Waals surface area contributed by atoms with Crippen LogP contribution in [0.5, 0.6) is 0 Å². The predicted octanol–water partition coefficient (Wildman–Crippen LogP) is 13.3. The highest BCUT2D eigenvalue weighted by Crippen LogP contribution is 2.55. The lowest BCUT2D eigenvalue weighted by Crippen LogP contribution is -2.60. The zero-order chi connectivity index (χ0) is 36.2. The van der Waals surface area contributed by atoms with Gasteiger partial charge in [0.05, 0.1) is 15.7 Å². The van der Waals surface area contributed by atoms with Crippen molar-refractivity contribution in [3.63, 3.8) is 0 Å². The lowest BCUT2D eigenvalue weighted by atomic mass is 9.43. The smallest absolute Gasteiger partial charge is 0.333 e. The normalized spacial score (nSPS) is 13.9. The second kappa shape index (κ2) is 10.9. The van der Waals surface area contributed by atoms with E-state index < -0.39 is 0 Å². The molecule has 3 aliphatic heterocycles. The first kappa shape index (κ1) is 30.3. The molecule has 14 rings (SSSR count). The molecule has 56 heavy (non-hydrogen) atoms. The molecule has 258 valence electrons. The van der Waals surface area contributed by atoms with Crippen molar-refractivity contribution in [3.8, 4) is 16.8 Å². The molecular formula is C50H27BN2S3. The van der Waals surface area contributed by atoms with Crippen molar-refractivity contribution in [3.05, 3.63) is 164 Å². The van der Waals surface area contributed by atoms with Gasteiger partial charge in [-0.3, -0.25) is 0 Å². The van der Waals surface area contributed by atoms with Gasteiger partial charge in [0.1, 0.15) is 0 Å². The minimum Gasteiger partial charge on any atom is -0.375 e. The number of fused-ring (bicyclic) bond motifs is 16. The van der Waals surface area contributed by atoms with Crippen molar-refractivity contribution in [1.82, 2.24) is 4.57 Å². The minimum absolute atomic E-state index is 0.0497. The summed E-state index contributed by atoms with van der Waals surface area (Å²) in [6.07, 6.45) is 0. The number of benzene rings is 9. The Bertz CT molecular complexity index is 3580. The van der Waals surface area contributed by atoms with Gasteiger partial charge in [0.2, 0.25) is 0 Å². The van der Waals surface area contributed by atoms with Crippen LogP contribution in [0.4, 0.5) is 11.4 Å². The average Bonchev–Trinajstić information content (AvgIpc) is 3.81. The molecule has 3 aliphatic rings. The number of rotatable bonds is 1. The second-order valence-corrected chi connectivity index (χ2v) is 18.4. The monoisotopic (exact) mass is 762 g/mol. The van der Waals surface area contributed by atoms with E-state index in [-0.39, 0.29) is 6.85 Å². The molecule has 0 radical (unpaired) electrons. The van der Waals surface area contributed by atoms with E-state index in [0.29, 0.717) is 0 Å². The summed E-state index contributed by atoms with van der Waals surface area (Å²) in [6, 6.07) is 62.0. The molecule has 0 aliphatic carbocycles. The van der Waals surface area contributed by atoms with E-state index in [1.165, 1.54) is 122 Å². The maximum Gasteiger partial charge on any atom is 0.333 e. The standard InChI is InChI=1S/C50H27BN2S3/c1-4-14-31-28(11-1)23-24-34-33-16-9-18-37-49(33)52(48(31)34)40-25-29-12-2-3-13-30(29)46-36-26-44-45(55-43-22-8-7-21-42(43)54-44)27-39(36)53(51(37)47(40)46)38-19-10-17-35-32-15-5-6-20-41(32)56-50(35)38/h1-27H. The zero-order valence-corrected chi connectivity index (χ0v) is 32.2. The molecule has 0 amide bonds. The average molecular weight is 763 g/mol. The lowest BCUT2D eigenvalue weighted by molar-refractivity contribution is 1.15. The number of hydrogen-bond donors (Lipinski definition) is 0. The van der Waals surface area contributed by atoms with Gasteiger partial charge in [-0.25, -0.2) is 0 Å². The highest BCUT2D eigenvalue weighted by Gasteiger charge is 2.45.